The standard InChI is InChI=1S/C29H34N8O2S/c1-2-20-26(31-16-23(28(38)39)36-29-35-22-7-3-4-8-24(22)40-29)32-17-33-27(20)37-14-11-18(12-15-37)21-10-9-19-6-5-13-30-25(19)34-21/h3-4,7-10,17-18,23H,2,5-6,11-16H2,1H3,(H,30,34)(H,35,36)(H,38,39)(H,31,32,33). The lowest BCUT2D eigenvalue weighted by Gasteiger charge is -2.34. The highest BCUT2D eigenvalue weighted by molar-refractivity contribution is 7.22. The number of carboxylic acid groups (broad SMARTS) is 1. The van der Waals surface area contributed by atoms with Gasteiger partial charge >= 0.3 is 5.97 Å². The highest BCUT2D eigenvalue weighted by Gasteiger charge is 2.26. The molecule has 0 amide bonds. The molecule has 2 aliphatic rings. The lowest BCUT2D eigenvalue weighted by molar-refractivity contribution is -0.137. The van der Waals surface area contributed by atoms with Gasteiger partial charge in [-0.15, -0.1) is 0 Å². The highest BCUT2D eigenvalue weighted by Crippen LogP contribution is 2.33. The molecule has 0 radical (unpaired) electrons. The Morgan fingerprint density at radius 3 is 2.83 bits per heavy atom. The van der Waals surface area contributed by atoms with Gasteiger partial charge in [0.1, 0.15) is 29.8 Å². The largest absolute Gasteiger partial charge is 0.480 e. The average molecular weight is 559 g/mol. The lowest BCUT2D eigenvalue weighted by atomic mass is 9.92. The Balaban J connectivity index is 1.12. The zero-order valence-electron chi connectivity index (χ0n) is 22.6. The quantitative estimate of drug-likeness (QED) is 0.228. The highest BCUT2D eigenvalue weighted by atomic mass is 32.1. The minimum Gasteiger partial charge on any atom is -0.480 e. The second kappa shape index (κ2) is 11.6. The molecule has 208 valence electrons. The molecule has 5 heterocycles. The third-order valence-electron chi connectivity index (χ3n) is 7.77. The zero-order chi connectivity index (χ0) is 27.5. The summed E-state index contributed by atoms with van der Waals surface area (Å²) in [5, 5.41) is 20.3. The predicted octanol–water partition coefficient (Wildman–Crippen LogP) is 4.76. The Labute approximate surface area is 237 Å². The van der Waals surface area contributed by atoms with E-state index in [1.165, 1.54) is 29.0 Å². The Bertz CT molecular complexity index is 1470. The first kappa shape index (κ1) is 26.2. The summed E-state index contributed by atoms with van der Waals surface area (Å²) >= 11 is 1.45. The summed E-state index contributed by atoms with van der Waals surface area (Å²) in [4.78, 5) is 33.0. The van der Waals surface area contributed by atoms with Gasteiger partial charge in [-0.1, -0.05) is 36.5 Å². The van der Waals surface area contributed by atoms with Crippen LogP contribution in [0.5, 0.6) is 0 Å². The number of carboxylic acids is 1. The summed E-state index contributed by atoms with van der Waals surface area (Å²) in [6.45, 7) is 5.01. The van der Waals surface area contributed by atoms with Gasteiger partial charge in [-0.3, -0.25) is 0 Å². The molecule has 1 atom stereocenters. The van der Waals surface area contributed by atoms with Gasteiger partial charge in [0.15, 0.2) is 5.13 Å². The summed E-state index contributed by atoms with van der Waals surface area (Å²) in [5.41, 5.74) is 4.35. The number of piperidine rings is 1. The van der Waals surface area contributed by atoms with Crippen LogP contribution in [-0.4, -0.2) is 63.2 Å². The van der Waals surface area contributed by atoms with Crippen molar-refractivity contribution >= 4 is 50.1 Å². The van der Waals surface area contributed by atoms with E-state index >= 15 is 0 Å². The van der Waals surface area contributed by atoms with E-state index in [9.17, 15) is 9.90 Å². The molecular weight excluding hydrogens is 524 g/mol. The smallest absolute Gasteiger partial charge is 0.328 e. The molecule has 11 heteroatoms. The molecule has 0 bridgehead atoms. The number of para-hydroxylation sites is 1. The third-order valence-corrected chi connectivity index (χ3v) is 8.74. The molecule has 0 spiro atoms. The van der Waals surface area contributed by atoms with E-state index < -0.39 is 12.0 Å². The van der Waals surface area contributed by atoms with Gasteiger partial charge in [-0.25, -0.2) is 24.7 Å². The van der Waals surface area contributed by atoms with Gasteiger partial charge in [0.2, 0.25) is 0 Å². The Kier molecular flexibility index (Phi) is 7.63. The molecule has 6 rings (SSSR count). The number of aromatic nitrogens is 4. The number of anilines is 4. The number of hydrogen-bond acceptors (Lipinski definition) is 10. The fourth-order valence-electron chi connectivity index (χ4n) is 5.59. The Hall–Kier alpha value is -3.99. The van der Waals surface area contributed by atoms with Crippen LogP contribution in [0.4, 0.5) is 22.6 Å². The van der Waals surface area contributed by atoms with E-state index in [1.807, 2.05) is 24.3 Å². The normalized spacial score (nSPS) is 16.3. The number of nitrogens with zero attached hydrogens (tertiary/aromatic N) is 5. The van der Waals surface area contributed by atoms with Crippen molar-refractivity contribution in [2.24, 2.45) is 0 Å². The van der Waals surface area contributed by atoms with Crippen LogP contribution < -0.4 is 20.9 Å². The Morgan fingerprint density at radius 1 is 1.18 bits per heavy atom. The SMILES string of the molecule is CCc1c(NCC(Nc2nc3ccccc3s2)C(=O)O)ncnc1N1CCC(c2ccc3c(n2)NCCC3)CC1. The van der Waals surface area contributed by atoms with Crippen molar-refractivity contribution in [2.45, 2.75) is 51.0 Å². The molecular formula is C29H34N8O2S. The molecule has 1 unspecified atom stereocenters. The second-order valence-corrected chi connectivity index (χ2v) is 11.3. The molecule has 1 fully saturated rings. The number of pyridine rings is 1. The van der Waals surface area contributed by atoms with Gasteiger partial charge in [0.05, 0.1) is 10.2 Å². The third kappa shape index (κ3) is 5.51. The minimum atomic E-state index is -0.952. The van der Waals surface area contributed by atoms with E-state index in [2.05, 4.69) is 54.9 Å². The summed E-state index contributed by atoms with van der Waals surface area (Å²) in [6.07, 6.45) is 6.58. The number of aliphatic carboxylic acids is 1. The fraction of sp³-hybridized carbons (Fsp3) is 0.414. The van der Waals surface area contributed by atoms with E-state index in [0.717, 1.165) is 72.7 Å². The van der Waals surface area contributed by atoms with Crippen molar-refractivity contribution in [3.05, 3.63) is 59.5 Å². The summed E-state index contributed by atoms with van der Waals surface area (Å²) in [5.74, 6) is 2.13. The van der Waals surface area contributed by atoms with Crippen LogP contribution in [0.2, 0.25) is 0 Å². The summed E-state index contributed by atoms with van der Waals surface area (Å²) < 4.78 is 1.01. The molecule has 3 aromatic heterocycles. The van der Waals surface area contributed by atoms with Gasteiger partial charge in [-0.05, 0) is 55.9 Å². The van der Waals surface area contributed by atoms with Gasteiger partial charge in [-0.2, -0.15) is 0 Å². The maximum atomic E-state index is 12.1. The molecule has 1 saturated heterocycles. The number of benzene rings is 1. The van der Waals surface area contributed by atoms with Crippen LogP contribution in [0.15, 0.2) is 42.7 Å². The number of rotatable bonds is 9. The van der Waals surface area contributed by atoms with E-state index in [-0.39, 0.29) is 6.54 Å². The summed E-state index contributed by atoms with van der Waals surface area (Å²) in [7, 11) is 0. The molecule has 40 heavy (non-hydrogen) atoms. The van der Waals surface area contributed by atoms with Crippen LogP contribution in [0.1, 0.15) is 48.9 Å². The molecule has 4 aromatic rings. The maximum Gasteiger partial charge on any atom is 0.328 e. The molecule has 10 nitrogen and oxygen atoms in total. The Morgan fingerprint density at radius 2 is 2.02 bits per heavy atom. The number of thiazole rings is 1. The monoisotopic (exact) mass is 558 g/mol. The molecule has 0 saturated carbocycles. The number of hydrogen-bond donors (Lipinski definition) is 4. The number of fused-ring (bicyclic) bond motifs is 2. The predicted molar refractivity (Wildman–Crippen MR) is 160 cm³/mol. The van der Waals surface area contributed by atoms with E-state index in [0.29, 0.717) is 16.9 Å². The first-order valence-electron chi connectivity index (χ1n) is 14.0. The van der Waals surface area contributed by atoms with Crippen LogP contribution in [0.3, 0.4) is 0 Å². The number of aryl methyl sites for hydroxylation is 1. The van der Waals surface area contributed by atoms with Gasteiger partial charge < -0.3 is 26.0 Å². The second-order valence-electron chi connectivity index (χ2n) is 10.3. The number of nitrogens with one attached hydrogen (secondary N) is 3. The van der Waals surface area contributed by atoms with Crippen LogP contribution in [0, 0.1) is 0 Å². The summed E-state index contributed by atoms with van der Waals surface area (Å²) in [6, 6.07) is 11.4. The molecule has 2 aliphatic heterocycles. The minimum absolute atomic E-state index is 0.162. The maximum absolute atomic E-state index is 12.1. The average Bonchev–Trinajstić information content (AvgIpc) is 3.41. The fourth-order valence-corrected chi connectivity index (χ4v) is 6.51. The van der Waals surface area contributed by atoms with Crippen molar-refractivity contribution in [2.75, 3.05) is 47.0 Å². The van der Waals surface area contributed by atoms with Crippen molar-refractivity contribution in [3.8, 4) is 0 Å². The van der Waals surface area contributed by atoms with Crippen molar-refractivity contribution in [1.29, 1.82) is 0 Å². The lowest BCUT2D eigenvalue weighted by Crippen LogP contribution is -2.37. The van der Waals surface area contributed by atoms with E-state index in [1.54, 1.807) is 6.33 Å². The molecule has 4 N–H and O–H groups in total. The van der Waals surface area contributed by atoms with Crippen molar-refractivity contribution in [1.82, 2.24) is 19.9 Å². The first-order chi connectivity index (χ1) is 19.6. The van der Waals surface area contributed by atoms with Crippen molar-refractivity contribution in [3.63, 3.8) is 0 Å². The van der Waals surface area contributed by atoms with Crippen LogP contribution in [0.25, 0.3) is 10.2 Å². The van der Waals surface area contributed by atoms with Crippen LogP contribution in [-0.2, 0) is 17.6 Å². The van der Waals surface area contributed by atoms with Crippen LogP contribution >= 0.6 is 11.3 Å². The number of carbonyl (C=O) groups is 1. The van der Waals surface area contributed by atoms with Gasteiger partial charge in [0, 0.05) is 43.4 Å². The van der Waals surface area contributed by atoms with E-state index in [4.69, 9.17) is 4.98 Å². The topological polar surface area (TPSA) is 128 Å². The zero-order valence-corrected chi connectivity index (χ0v) is 23.4. The molecule has 0 aliphatic carbocycles. The first-order valence-corrected chi connectivity index (χ1v) is 14.8. The molecule has 1 aromatic carbocycles. The van der Waals surface area contributed by atoms with Crippen molar-refractivity contribution < 1.29 is 9.90 Å². The van der Waals surface area contributed by atoms with Gasteiger partial charge in [0.25, 0.3) is 0 Å².